The number of fused-ring (bicyclic) bond motifs is 1. The molecule has 0 aromatic heterocycles. The highest BCUT2D eigenvalue weighted by Crippen LogP contribution is 2.32. The molecule has 1 unspecified atom stereocenters. The Morgan fingerprint density at radius 1 is 1.35 bits per heavy atom. The van der Waals surface area contributed by atoms with Gasteiger partial charge in [-0.25, -0.2) is 0 Å². The van der Waals surface area contributed by atoms with Crippen LogP contribution in [-0.4, -0.2) is 26.6 Å². The molecule has 1 atom stereocenters. The Hall–Kier alpha value is -1.27. The van der Waals surface area contributed by atoms with Crippen LogP contribution in [-0.2, 0) is 11.2 Å². The van der Waals surface area contributed by atoms with Gasteiger partial charge in [-0.3, -0.25) is 0 Å². The summed E-state index contributed by atoms with van der Waals surface area (Å²) in [6.45, 7) is -1.69. The number of halogens is 3. The second kappa shape index (κ2) is 6.45. The third kappa shape index (κ3) is 4.11. The lowest BCUT2D eigenvalue weighted by Gasteiger charge is -2.25. The standard InChI is InChI=1S/C14H18F3NO2/c1-18-13-4-2-3-10-5-6-11(7-12(10)13)20-9-19-8-14(15,16)17/h5-7,13,18H,2-4,8-9H2,1H3. The Labute approximate surface area is 116 Å². The molecular formula is C14H18F3NO2. The first kappa shape index (κ1) is 15.1. The lowest BCUT2D eigenvalue weighted by molar-refractivity contribution is -0.186. The van der Waals surface area contributed by atoms with Crippen molar-refractivity contribution in [3.05, 3.63) is 29.3 Å². The summed E-state index contributed by atoms with van der Waals surface area (Å²) in [7, 11) is 1.90. The Kier molecular flexibility index (Phi) is 4.88. The van der Waals surface area contributed by atoms with Crippen molar-refractivity contribution in [1.29, 1.82) is 0 Å². The monoisotopic (exact) mass is 289 g/mol. The first-order chi connectivity index (χ1) is 9.49. The summed E-state index contributed by atoms with van der Waals surface area (Å²) in [4.78, 5) is 0. The maximum atomic E-state index is 11.9. The summed E-state index contributed by atoms with van der Waals surface area (Å²) in [6, 6.07) is 5.90. The van der Waals surface area contributed by atoms with Gasteiger partial charge in [0.05, 0.1) is 0 Å². The van der Waals surface area contributed by atoms with Gasteiger partial charge < -0.3 is 14.8 Å². The van der Waals surface area contributed by atoms with E-state index >= 15 is 0 Å². The number of nitrogens with one attached hydrogen (secondary N) is 1. The number of aryl methyl sites for hydroxylation is 1. The molecule has 112 valence electrons. The van der Waals surface area contributed by atoms with Gasteiger partial charge in [-0.1, -0.05) is 6.07 Å². The van der Waals surface area contributed by atoms with E-state index in [0.29, 0.717) is 5.75 Å². The summed E-state index contributed by atoms with van der Waals surface area (Å²) in [5, 5.41) is 3.24. The summed E-state index contributed by atoms with van der Waals surface area (Å²) in [5.74, 6) is 0.535. The number of ether oxygens (including phenoxy) is 2. The van der Waals surface area contributed by atoms with Crippen LogP contribution in [0.1, 0.15) is 30.0 Å². The number of hydrogen-bond donors (Lipinski definition) is 1. The van der Waals surface area contributed by atoms with E-state index < -0.39 is 19.6 Å². The lowest BCUT2D eigenvalue weighted by Crippen LogP contribution is -2.22. The van der Waals surface area contributed by atoms with Crippen LogP contribution >= 0.6 is 0 Å². The van der Waals surface area contributed by atoms with Crippen molar-refractivity contribution in [2.24, 2.45) is 0 Å². The van der Waals surface area contributed by atoms with E-state index in [-0.39, 0.29) is 6.04 Å². The quantitative estimate of drug-likeness (QED) is 0.667. The first-order valence-electron chi connectivity index (χ1n) is 6.57. The average molecular weight is 289 g/mol. The predicted octanol–water partition coefficient (Wildman–Crippen LogP) is 3.20. The molecule has 0 radical (unpaired) electrons. The van der Waals surface area contributed by atoms with Crippen LogP contribution in [0.2, 0.25) is 0 Å². The van der Waals surface area contributed by atoms with Crippen molar-refractivity contribution < 1.29 is 22.6 Å². The molecule has 0 bridgehead atoms. The smallest absolute Gasteiger partial charge is 0.411 e. The summed E-state index contributed by atoms with van der Waals surface area (Å²) in [5.41, 5.74) is 2.42. The molecule has 1 aromatic carbocycles. The van der Waals surface area contributed by atoms with Crippen LogP contribution in [0, 0.1) is 0 Å². The van der Waals surface area contributed by atoms with Crippen molar-refractivity contribution in [3.8, 4) is 5.75 Å². The van der Waals surface area contributed by atoms with Gasteiger partial charge in [-0.05, 0) is 49.6 Å². The van der Waals surface area contributed by atoms with E-state index in [9.17, 15) is 13.2 Å². The van der Waals surface area contributed by atoms with Crippen molar-refractivity contribution >= 4 is 0 Å². The average Bonchev–Trinajstić information content (AvgIpc) is 2.41. The molecule has 1 N–H and O–H groups in total. The van der Waals surface area contributed by atoms with Gasteiger partial charge in [0, 0.05) is 6.04 Å². The maximum Gasteiger partial charge on any atom is 0.411 e. The molecule has 0 saturated carbocycles. The summed E-state index contributed by atoms with van der Waals surface area (Å²) >= 11 is 0. The van der Waals surface area contributed by atoms with E-state index in [4.69, 9.17) is 4.74 Å². The molecular weight excluding hydrogens is 271 g/mol. The van der Waals surface area contributed by atoms with Crippen LogP contribution in [0.3, 0.4) is 0 Å². The van der Waals surface area contributed by atoms with E-state index in [1.54, 1.807) is 6.07 Å². The molecule has 3 nitrogen and oxygen atoms in total. The zero-order chi connectivity index (χ0) is 14.6. The van der Waals surface area contributed by atoms with Crippen LogP contribution in [0.4, 0.5) is 13.2 Å². The Morgan fingerprint density at radius 2 is 2.15 bits per heavy atom. The van der Waals surface area contributed by atoms with Crippen LogP contribution < -0.4 is 10.1 Å². The molecule has 0 fully saturated rings. The van der Waals surface area contributed by atoms with Gasteiger partial charge in [0.25, 0.3) is 0 Å². The van der Waals surface area contributed by atoms with Crippen molar-refractivity contribution in [3.63, 3.8) is 0 Å². The summed E-state index contributed by atoms with van der Waals surface area (Å²) < 4.78 is 45.4. The number of rotatable bonds is 5. The SMILES string of the molecule is CNC1CCCc2ccc(OCOCC(F)(F)F)cc21. The van der Waals surface area contributed by atoms with Crippen molar-refractivity contribution in [2.75, 3.05) is 20.4 Å². The molecule has 0 saturated heterocycles. The van der Waals surface area contributed by atoms with Gasteiger partial charge in [0.2, 0.25) is 0 Å². The van der Waals surface area contributed by atoms with E-state index in [2.05, 4.69) is 10.1 Å². The fraction of sp³-hybridized carbons (Fsp3) is 0.571. The minimum absolute atomic E-state index is 0.276. The number of benzene rings is 1. The van der Waals surface area contributed by atoms with Gasteiger partial charge in [0.1, 0.15) is 12.4 Å². The van der Waals surface area contributed by atoms with Crippen LogP contribution in [0.15, 0.2) is 18.2 Å². The first-order valence-corrected chi connectivity index (χ1v) is 6.57. The van der Waals surface area contributed by atoms with Gasteiger partial charge in [-0.2, -0.15) is 13.2 Å². The molecule has 0 aliphatic heterocycles. The molecule has 1 aliphatic rings. The maximum absolute atomic E-state index is 11.9. The minimum atomic E-state index is -4.32. The summed E-state index contributed by atoms with van der Waals surface area (Å²) in [6.07, 6.45) is -1.11. The Morgan fingerprint density at radius 3 is 2.85 bits per heavy atom. The highest BCUT2D eigenvalue weighted by molar-refractivity contribution is 5.39. The Bertz CT molecular complexity index is 449. The molecule has 1 aliphatic carbocycles. The highest BCUT2D eigenvalue weighted by Gasteiger charge is 2.27. The molecule has 1 aromatic rings. The molecule has 0 spiro atoms. The topological polar surface area (TPSA) is 30.5 Å². The van der Waals surface area contributed by atoms with E-state index in [1.807, 2.05) is 19.2 Å². The third-order valence-corrected chi connectivity index (χ3v) is 3.35. The largest absolute Gasteiger partial charge is 0.468 e. The Balaban J connectivity index is 1.93. The number of hydrogen-bond acceptors (Lipinski definition) is 3. The number of alkyl halides is 3. The van der Waals surface area contributed by atoms with Gasteiger partial charge in [0.15, 0.2) is 6.79 Å². The second-order valence-electron chi connectivity index (χ2n) is 4.82. The molecule has 6 heteroatoms. The highest BCUT2D eigenvalue weighted by atomic mass is 19.4. The third-order valence-electron chi connectivity index (χ3n) is 3.35. The normalized spacial score (nSPS) is 18.7. The molecule has 0 heterocycles. The zero-order valence-electron chi connectivity index (χ0n) is 11.3. The molecule has 2 rings (SSSR count). The van der Waals surface area contributed by atoms with Gasteiger partial charge in [-0.15, -0.1) is 0 Å². The predicted molar refractivity (Wildman–Crippen MR) is 68.7 cm³/mol. The zero-order valence-corrected chi connectivity index (χ0v) is 11.3. The van der Waals surface area contributed by atoms with Crippen LogP contribution in [0.25, 0.3) is 0 Å². The van der Waals surface area contributed by atoms with Crippen LogP contribution in [0.5, 0.6) is 5.75 Å². The van der Waals surface area contributed by atoms with E-state index in [1.165, 1.54) is 5.56 Å². The fourth-order valence-electron chi connectivity index (χ4n) is 2.43. The minimum Gasteiger partial charge on any atom is -0.468 e. The molecule has 20 heavy (non-hydrogen) atoms. The van der Waals surface area contributed by atoms with Crippen molar-refractivity contribution in [2.45, 2.75) is 31.5 Å². The molecule has 0 amide bonds. The second-order valence-corrected chi connectivity index (χ2v) is 4.82. The lowest BCUT2D eigenvalue weighted by atomic mass is 9.87. The fourth-order valence-corrected chi connectivity index (χ4v) is 2.43. The van der Waals surface area contributed by atoms with E-state index in [0.717, 1.165) is 24.8 Å². The van der Waals surface area contributed by atoms with Crippen molar-refractivity contribution in [1.82, 2.24) is 5.32 Å². The van der Waals surface area contributed by atoms with Gasteiger partial charge >= 0.3 is 6.18 Å².